The molecule has 2 N–H and O–H groups in total. The molecule has 172 valence electrons. The van der Waals surface area contributed by atoms with Crippen LogP contribution in [-0.4, -0.2) is 18.4 Å². The van der Waals surface area contributed by atoms with Crippen LogP contribution in [0.3, 0.4) is 0 Å². The third-order valence-electron chi connectivity index (χ3n) is 5.04. The van der Waals surface area contributed by atoms with Crippen molar-refractivity contribution in [3.8, 4) is 11.5 Å². The van der Waals surface area contributed by atoms with Crippen LogP contribution in [0.25, 0.3) is 0 Å². The Morgan fingerprint density at radius 1 is 0.667 bits per heavy atom. The quantitative estimate of drug-likeness (QED) is 0.310. The number of benzene rings is 3. The van der Waals surface area contributed by atoms with Crippen LogP contribution >= 0.6 is 0 Å². The Hall–Kier alpha value is -3.80. The molecular weight excluding hydrogens is 416 g/mol. The number of hydrazine groups is 1. The maximum Gasteiger partial charge on any atom is 0.269 e. The molecule has 0 aliphatic heterocycles. The average Bonchev–Trinajstić information content (AvgIpc) is 2.87. The van der Waals surface area contributed by atoms with Crippen LogP contribution in [0.1, 0.15) is 58.9 Å². The van der Waals surface area contributed by atoms with Gasteiger partial charge in [0.25, 0.3) is 11.8 Å². The zero-order valence-electron chi connectivity index (χ0n) is 18.9. The summed E-state index contributed by atoms with van der Waals surface area (Å²) in [4.78, 5) is 24.6. The van der Waals surface area contributed by atoms with Crippen LogP contribution in [0.5, 0.6) is 11.5 Å². The molecule has 0 heterocycles. The third-order valence-corrected chi connectivity index (χ3v) is 5.04. The number of carbonyl (C=O) groups is 2. The summed E-state index contributed by atoms with van der Waals surface area (Å²) in [6.07, 6.45) is 4.57. The van der Waals surface area contributed by atoms with Crippen LogP contribution in [0.2, 0.25) is 0 Å². The molecule has 3 aromatic carbocycles. The SMILES string of the molecule is CCCCCCOc1ccc(C(=O)NNC(=O)c2ccc(OCc3ccccc3)cc2)cc1. The highest BCUT2D eigenvalue weighted by Crippen LogP contribution is 2.15. The van der Waals surface area contributed by atoms with Crippen molar-refractivity contribution in [3.05, 3.63) is 95.6 Å². The van der Waals surface area contributed by atoms with Gasteiger partial charge in [0.15, 0.2) is 0 Å². The Morgan fingerprint density at radius 2 is 1.21 bits per heavy atom. The Bertz CT molecular complexity index is 1000. The molecular formula is C27H30N2O4. The Balaban J connectivity index is 1.41. The van der Waals surface area contributed by atoms with Gasteiger partial charge in [-0.15, -0.1) is 0 Å². The number of rotatable bonds is 11. The van der Waals surface area contributed by atoms with Gasteiger partial charge in [-0.2, -0.15) is 0 Å². The number of carbonyl (C=O) groups excluding carboxylic acids is 2. The first-order chi connectivity index (χ1) is 16.2. The number of ether oxygens (including phenoxy) is 2. The van der Waals surface area contributed by atoms with Gasteiger partial charge in [-0.1, -0.05) is 56.5 Å². The van der Waals surface area contributed by atoms with Gasteiger partial charge in [0.05, 0.1) is 6.61 Å². The second-order valence-corrected chi connectivity index (χ2v) is 7.64. The highest BCUT2D eigenvalue weighted by Gasteiger charge is 2.10. The van der Waals surface area contributed by atoms with E-state index in [0.717, 1.165) is 24.2 Å². The smallest absolute Gasteiger partial charge is 0.269 e. The Morgan fingerprint density at radius 3 is 1.76 bits per heavy atom. The average molecular weight is 447 g/mol. The van der Waals surface area contributed by atoms with Crippen molar-refractivity contribution >= 4 is 11.8 Å². The summed E-state index contributed by atoms with van der Waals surface area (Å²) < 4.78 is 11.4. The van der Waals surface area contributed by atoms with E-state index >= 15 is 0 Å². The summed E-state index contributed by atoms with van der Waals surface area (Å²) in [5.74, 6) is 0.569. The number of hydrogen-bond acceptors (Lipinski definition) is 4. The van der Waals surface area contributed by atoms with Gasteiger partial charge in [0.1, 0.15) is 18.1 Å². The molecule has 3 aromatic rings. The molecule has 0 bridgehead atoms. The highest BCUT2D eigenvalue weighted by atomic mass is 16.5. The lowest BCUT2D eigenvalue weighted by Gasteiger charge is -2.10. The molecule has 0 unspecified atom stereocenters. The largest absolute Gasteiger partial charge is 0.494 e. The zero-order chi connectivity index (χ0) is 23.3. The maximum absolute atomic E-state index is 12.3. The van der Waals surface area contributed by atoms with Crippen LogP contribution in [-0.2, 0) is 6.61 Å². The first-order valence-corrected chi connectivity index (χ1v) is 11.3. The normalized spacial score (nSPS) is 10.3. The van der Waals surface area contributed by atoms with Gasteiger partial charge < -0.3 is 9.47 Å². The standard InChI is InChI=1S/C27H30N2O4/c1-2-3-4-8-19-32-24-15-11-22(12-16-24)26(30)28-29-27(31)23-13-17-25(18-14-23)33-20-21-9-6-5-7-10-21/h5-7,9-18H,2-4,8,19-20H2,1H3,(H,28,30)(H,29,31). The lowest BCUT2D eigenvalue weighted by atomic mass is 10.2. The molecule has 0 radical (unpaired) electrons. The van der Waals surface area contributed by atoms with Crippen molar-refractivity contribution in [3.63, 3.8) is 0 Å². The van der Waals surface area contributed by atoms with Gasteiger partial charge in [-0.05, 0) is 60.5 Å². The fourth-order valence-electron chi connectivity index (χ4n) is 3.12. The van der Waals surface area contributed by atoms with Crippen LogP contribution < -0.4 is 20.3 Å². The molecule has 2 amide bonds. The summed E-state index contributed by atoms with van der Waals surface area (Å²) in [5, 5.41) is 0. The van der Waals surface area contributed by atoms with Crippen molar-refractivity contribution in [2.75, 3.05) is 6.61 Å². The van der Waals surface area contributed by atoms with E-state index in [-0.39, 0.29) is 0 Å². The first-order valence-electron chi connectivity index (χ1n) is 11.3. The van der Waals surface area contributed by atoms with Crippen LogP contribution in [0, 0.1) is 0 Å². The molecule has 0 aromatic heterocycles. The van der Waals surface area contributed by atoms with E-state index in [0.29, 0.717) is 30.1 Å². The topological polar surface area (TPSA) is 76.7 Å². The van der Waals surface area contributed by atoms with E-state index in [2.05, 4.69) is 17.8 Å². The summed E-state index contributed by atoms with van der Waals surface area (Å²) in [6, 6.07) is 23.4. The number of unbranched alkanes of at least 4 members (excludes halogenated alkanes) is 3. The van der Waals surface area contributed by atoms with Crippen LogP contribution in [0.4, 0.5) is 0 Å². The lowest BCUT2D eigenvalue weighted by molar-refractivity contribution is 0.0846. The van der Waals surface area contributed by atoms with Crippen molar-refractivity contribution in [2.24, 2.45) is 0 Å². The molecule has 33 heavy (non-hydrogen) atoms. The predicted molar refractivity (Wildman–Crippen MR) is 128 cm³/mol. The Kier molecular flexibility index (Phi) is 9.33. The monoisotopic (exact) mass is 446 g/mol. The molecule has 0 saturated carbocycles. The number of amides is 2. The second-order valence-electron chi connectivity index (χ2n) is 7.64. The highest BCUT2D eigenvalue weighted by molar-refractivity contribution is 5.99. The Labute approximate surface area is 194 Å². The third kappa shape index (κ3) is 8.00. The van der Waals surface area contributed by atoms with E-state index in [4.69, 9.17) is 9.47 Å². The van der Waals surface area contributed by atoms with Crippen molar-refractivity contribution < 1.29 is 19.1 Å². The summed E-state index contributed by atoms with van der Waals surface area (Å²) in [7, 11) is 0. The van der Waals surface area contributed by atoms with E-state index in [1.54, 1.807) is 48.5 Å². The van der Waals surface area contributed by atoms with Crippen LogP contribution in [0.15, 0.2) is 78.9 Å². The van der Waals surface area contributed by atoms with E-state index in [1.165, 1.54) is 12.8 Å². The van der Waals surface area contributed by atoms with E-state index in [9.17, 15) is 9.59 Å². The zero-order valence-corrected chi connectivity index (χ0v) is 18.9. The van der Waals surface area contributed by atoms with Gasteiger partial charge >= 0.3 is 0 Å². The molecule has 0 spiro atoms. The maximum atomic E-state index is 12.3. The van der Waals surface area contributed by atoms with Gasteiger partial charge in [-0.3, -0.25) is 20.4 Å². The van der Waals surface area contributed by atoms with Crippen molar-refractivity contribution in [2.45, 2.75) is 39.2 Å². The molecule has 3 rings (SSSR count). The summed E-state index contributed by atoms with van der Waals surface area (Å²) >= 11 is 0. The number of nitrogens with one attached hydrogen (secondary N) is 2. The van der Waals surface area contributed by atoms with Crippen molar-refractivity contribution in [1.29, 1.82) is 0 Å². The first kappa shape index (κ1) is 23.9. The summed E-state index contributed by atoms with van der Waals surface area (Å²) in [5.41, 5.74) is 6.77. The summed E-state index contributed by atoms with van der Waals surface area (Å²) in [6.45, 7) is 3.29. The van der Waals surface area contributed by atoms with E-state index in [1.807, 2.05) is 30.3 Å². The lowest BCUT2D eigenvalue weighted by Crippen LogP contribution is -2.41. The molecule has 6 heteroatoms. The van der Waals surface area contributed by atoms with E-state index < -0.39 is 11.8 Å². The predicted octanol–water partition coefficient (Wildman–Crippen LogP) is 5.30. The van der Waals surface area contributed by atoms with Gasteiger partial charge in [0, 0.05) is 11.1 Å². The molecule has 0 atom stereocenters. The molecule has 6 nitrogen and oxygen atoms in total. The molecule has 0 aliphatic carbocycles. The van der Waals surface area contributed by atoms with Gasteiger partial charge in [-0.25, -0.2) is 0 Å². The van der Waals surface area contributed by atoms with Gasteiger partial charge in [0.2, 0.25) is 0 Å². The minimum atomic E-state index is -0.412. The van der Waals surface area contributed by atoms with Crippen molar-refractivity contribution in [1.82, 2.24) is 10.9 Å². The second kappa shape index (κ2) is 12.9. The minimum Gasteiger partial charge on any atom is -0.494 e. The number of hydrogen-bond donors (Lipinski definition) is 2. The molecule has 0 fully saturated rings. The molecule has 0 saturated heterocycles. The fourth-order valence-corrected chi connectivity index (χ4v) is 3.12. The fraction of sp³-hybridized carbons (Fsp3) is 0.259. The minimum absolute atomic E-state index is 0.402. The molecule has 0 aliphatic rings.